The normalized spacial score (nSPS) is 10.0. The van der Waals surface area contributed by atoms with Crippen molar-refractivity contribution in [1.29, 1.82) is 0 Å². The number of aliphatic hydroxyl groups excluding tert-OH is 1. The molecule has 0 amide bonds. The van der Waals surface area contributed by atoms with Crippen LogP contribution in [0.5, 0.6) is 0 Å². The molecule has 0 saturated heterocycles. The van der Waals surface area contributed by atoms with Crippen LogP contribution in [0.1, 0.15) is 19.4 Å². The van der Waals surface area contributed by atoms with E-state index >= 15 is 0 Å². The molecule has 8 heteroatoms. The summed E-state index contributed by atoms with van der Waals surface area (Å²) in [4.78, 5) is 23.7. The molecular formula is C14H13BrClFO5. The van der Waals surface area contributed by atoms with E-state index < -0.39 is 29.1 Å². The van der Waals surface area contributed by atoms with Crippen molar-refractivity contribution < 1.29 is 28.6 Å². The number of ether oxygens (including phenoxy) is 2. The largest absolute Gasteiger partial charge is 0.506 e. The maximum atomic E-state index is 13.8. The average Bonchev–Trinajstić information content (AvgIpc) is 2.45. The van der Waals surface area contributed by atoms with E-state index in [2.05, 4.69) is 15.9 Å². The Hall–Kier alpha value is -1.60. The van der Waals surface area contributed by atoms with Crippen LogP contribution >= 0.6 is 27.5 Å². The van der Waals surface area contributed by atoms with E-state index in [-0.39, 0.29) is 28.3 Å². The second-order valence-corrected chi connectivity index (χ2v) is 5.09. The van der Waals surface area contributed by atoms with E-state index in [9.17, 15) is 19.1 Å². The standard InChI is InChI=1S/C14H13BrClFO5/c1-3-21-13(19)9(14(20)22-4-2)12(18)7-5-6-8(16)11(17)10(7)15/h5-6,18H,3-4H2,1-2H3. The first-order chi connectivity index (χ1) is 10.3. The van der Waals surface area contributed by atoms with Gasteiger partial charge < -0.3 is 14.6 Å². The zero-order chi connectivity index (χ0) is 16.9. The van der Waals surface area contributed by atoms with Gasteiger partial charge in [-0.25, -0.2) is 14.0 Å². The van der Waals surface area contributed by atoms with Gasteiger partial charge in [-0.05, 0) is 41.9 Å². The van der Waals surface area contributed by atoms with Crippen LogP contribution in [0, 0.1) is 5.82 Å². The Bertz CT molecular complexity index is 610. The lowest BCUT2D eigenvalue weighted by Gasteiger charge is -2.11. The van der Waals surface area contributed by atoms with Gasteiger partial charge in [-0.3, -0.25) is 0 Å². The minimum Gasteiger partial charge on any atom is -0.506 e. The summed E-state index contributed by atoms with van der Waals surface area (Å²) in [5.41, 5.74) is -0.843. The maximum absolute atomic E-state index is 13.8. The highest BCUT2D eigenvalue weighted by Gasteiger charge is 2.28. The number of halogens is 3. The van der Waals surface area contributed by atoms with Crippen molar-refractivity contribution in [2.75, 3.05) is 13.2 Å². The summed E-state index contributed by atoms with van der Waals surface area (Å²) < 4.78 is 23.0. The Labute approximate surface area is 139 Å². The highest BCUT2D eigenvalue weighted by molar-refractivity contribution is 9.10. The van der Waals surface area contributed by atoms with E-state index in [1.54, 1.807) is 0 Å². The van der Waals surface area contributed by atoms with Crippen LogP contribution < -0.4 is 0 Å². The van der Waals surface area contributed by atoms with Crippen molar-refractivity contribution in [2.24, 2.45) is 0 Å². The molecule has 1 aromatic rings. The Kier molecular flexibility index (Phi) is 6.83. The van der Waals surface area contributed by atoms with Gasteiger partial charge in [-0.15, -0.1) is 0 Å². The smallest absolute Gasteiger partial charge is 0.349 e. The molecule has 0 unspecified atom stereocenters. The Morgan fingerprint density at radius 3 is 2.18 bits per heavy atom. The summed E-state index contributed by atoms with van der Waals surface area (Å²) in [5.74, 6) is -3.74. The van der Waals surface area contributed by atoms with Crippen molar-refractivity contribution >= 4 is 45.2 Å². The number of rotatable bonds is 5. The fourth-order valence-corrected chi connectivity index (χ4v) is 2.33. The van der Waals surface area contributed by atoms with Crippen molar-refractivity contribution in [3.8, 4) is 0 Å². The Balaban J connectivity index is 3.48. The summed E-state index contributed by atoms with van der Waals surface area (Å²) in [6.07, 6.45) is 0. The van der Waals surface area contributed by atoms with E-state index in [1.165, 1.54) is 26.0 Å². The molecular weight excluding hydrogens is 383 g/mol. The third-order valence-electron chi connectivity index (χ3n) is 2.49. The minimum atomic E-state index is -1.07. The third kappa shape index (κ3) is 3.98. The number of carbonyl (C=O) groups is 2. The highest BCUT2D eigenvalue weighted by atomic mass is 79.9. The molecule has 1 aromatic carbocycles. The molecule has 0 atom stereocenters. The van der Waals surface area contributed by atoms with Gasteiger partial charge in [-0.2, -0.15) is 0 Å². The second kappa shape index (κ2) is 8.14. The van der Waals surface area contributed by atoms with Crippen LogP contribution in [-0.2, 0) is 19.1 Å². The van der Waals surface area contributed by atoms with E-state index in [0.717, 1.165) is 0 Å². The van der Waals surface area contributed by atoms with Crippen LogP contribution in [0.15, 0.2) is 22.2 Å². The second-order valence-electron chi connectivity index (χ2n) is 3.89. The van der Waals surface area contributed by atoms with Gasteiger partial charge in [0.15, 0.2) is 11.4 Å². The molecule has 0 fully saturated rings. The summed E-state index contributed by atoms with van der Waals surface area (Å²) >= 11 is 8.53. The first-order valence-corrected chi connectivity index (χ1v) is 7.43. The van der Waals surface area contributed by atoms with E-state index in [0.29, 0.717) is 0 Å². The molecule has 1 rings (SSSR count). The molecule has 0 bridgehead atoms. The summed E-state index contributed by atoms with van der Waals surface area (Å²) in [7, 11) is 0. The predicted octanol–water partition coefficient (Wildman–Crippen LogP) is 3.64. The monoisotopic (exact) mass is 394 g/mol. The van der Waals surface area contributed by atoms with E-state index in [4.69, 9.17) is 21.1 Å². The van der Waals surface area contributed by atoms with Crippen molar-refractivity contribution in [2.45, 2.75) is 13.8 Å². The quantitative estimate of drug-likeness (QED) is 0.206. The number of hydrogen-bond acceptors (Lipinski definition) is 5. The maximum Gasteiger partial charge on any atom is 0.349 e. The first kappa shape index (κ1) is 18.4. The van der Waals surface area contributed by atoms with Crippen molar-refractivity contribution in [3.63, 3.8) is 0 Å². The molecule has 0 aliphatic rings. The van der Waals surface area contributed by atoms with Gasteiger partial charge in [-0.1, -0.05) is 11.6 Å². The molecule has 120 valence electrons. The van der Waals surface area contributed by atoms with Crippen LogP contribution in [0.2, 0.25) is 5.02 Å². The summed E-state index contributed by atoms with van der Waals surface area (Å²) in [5, 5.41) is 10.0. The van der Waals surface area contributed by atoms with Gasteiger partial charge in [0.25, 0.3) is 0 Å². The van der Waals surface area contributed by atoms with Gasteiger partial charge in [0.1, 0.15) is 5.76 Å². The lowest BCUT2D eigenvalue weighted by atomic mass is 10.1. The summed E-state index contributed by atoms with van der Waals surface area (Å²) in [6.45, 7) is 3.06. The van der Waals surface area contributed by atoms with Crippen LogP contribution in [0.4, 0.5) is 4.39 Å². The minimum absolute atomic E-state index is 0.00876. The van der Waals surface area contributed by atoms with Crippen LogP contribution in [-0.4, -0.2) is 30.3 Å². The van der Waals surface area contributed by atoms with Gasteiger partial charge in [0.05, 0.1) is 22.7 Å². The van der Waals surface area contributed by atoms with Gasteiger partial charge in [0, 0.05) is 5.56 Å². The third-order valence-corrected chi connectivity index (χ3v) is 3.55. The van der Waals surface area contributed by atoms with Gasteiger partial charge in [0.2, 0.25) is 0 Å². The molecule has 22 heavy (non-hydrogen) atoms. The molecule has 0 aliphatic carbocycles. The Morgan fingerprint density at radius 1 is 1.23 bits per heavy atom. The lowest BCUT2D eigenvalue weighted by molar-refractivity contribution is -0.146. The molecule has 0 spiro atoms. The number of hydrogen-bond donors (Lipinski definition) is 1. The van der Waals surface area contributed by atoms with Crippen LogP contribution in [0.3, 0.4) is 0 Å². The molecule has 0 heterocycles. The Morgan fingerprint density at radius 2 is 1.73 bits per heavy atom. The number of esters is 2. The molecule has 1 N–H and O–H groups in total. The van der Waals surface area contributed by atoms with E-state index in [1.807, 2.05) is 0 Å². The lowest BCUT2D eigenvalue weighted by Crippen LogP contribution is -2.20. The summed E-state index contributed by atoms with van der Waals surface area (Å²) in [6, 6.07) is 2.43. The number of aliphatic hydroxyl groups is 1. The fourth-order valence-electron chi connectivity index (χ4n) is 1.53. The highest BCUT2D eigenvalue weighted by Crippen LogP contribution is 2.32. The molecule has 5 nitrogen and oxygen atoms in total. The first-order valence-electron chi connectivity index (χ1n) is 6.26. The topological polar surface area (TPSA) is 72.8 Å². The zero-order valence-electron chi connectivity index (χ0n) is 11.8. The van der Waals surface area contributed by atoms with Crippen molar-refractivity contribution in [1.82, 2.24) is 0 Å². The predicted molar refractivity (Wildman–Crippen MR) is 81.9 cm³/mol. The number of carbonyl (C=O) groups excluding carboxylic acids is 2. The van der Waals surface area contributed by atoms with Crippen molar-refractivity contribution in [3.05, 3.63) is 38.6 Å². The molecule has 0 radical (unpaired) electrons. The fraction of sp³-hybridized carbons (Fsp3) is 0.286. The SMILES string of the molecule is CCOC(=O)C(C(=O)OCC)=C(O)c1ccc(Cl)c(F)c1Br. The molecule has 0 aromatic heterocycles. The van der Waals surface area contributed by atoms with Crippen LogP contribution in [0.25, 0.3) is 5.76 Å². The molecule has 0 aliphatic heterocycles. The zero-order valence-corrected chi connectivity index (χ0v) is 14.1. The van der Waals surface area contributed by atoms with Gasteiger partial charge >= 0.3 is 11.9 Å². The molecule has 0 saturated carbocycles. The average molecular weight is 396 g/mol. The number of benzene rings is 1.